The zero-order valence-electron chi connectivity index (χ0n) is 15.6. The number of allylic oxidation sites excluding steroid dienone is 1. The molecule has 0 unspecified atom stereocenters. The number of fused-ring (bicyclic) bond motifs is 2. The molecule has 5 rings (SSSR count). The first-order valence-corrected chi connectivity index (χ1v) is 10.2. The second-order valence-corrected chi connectivity index (χ2v) is 7.70. The van der Waals surface area contributed by atoms with E-state index in [2.05, 4.69) is 47.1 Å². The summed E-state index contributed by atoms with van der Waals surface area (Å²) in [7, 11) is 0. The zero-order chi connectivity index (χ0) is 17.3. The minimum absolute atomic E-state index is 0. The molecule has 0 fully saturated rings. The Morgan fingerprint density at radius 1 is 1.18 bits per heavy atom. The molecule has 152 valence electrons. The molecule has 7 nitrogen and oxygen atoms in total. The highest BCUT2D eigenvalue weighted by Crippen LogP contribution is 2.31. The molecule has 0 amide bonds. The molecule has 3 aliphatic heterocycles. The Balaban J connectivity index is 0.00000112. The first kappa shape index (κ1) is 21.2. The van der Waals surface area contributed by atoms with Crippen LogP contribution in [0.3, 0.4) is 0 Å². The van der Waals surface area contributed by atoms with Crippen LogP contribution in [0.4, 0.5) is 0 Å². The van der Waals surface area contributed by atoms with Crippen molar-refractivity contribution in [3.05, 3.63) is 35.3 Å². The summed E-state index contributed by atoms with van der Waals surface area (Å²) in [6.07, 6.45) is 7.19. The van der Waals surface area contributed by atoms with Crippen molar-refractivity contribution in [3.63, 3.8) is 0 Å². The summed E-state index contributed by atoms with van der Waals surface area (Å²) in [6.45, 7) is 5.88. The Morgan fingerprint density at radius 2 is 2.11 bits per heavy atom. The van der Waals surface area contributed by atoms with Crippen LogP contribution < -0.4 is 5.32 Å². The maximum Gasteiger partial charge on any atom is 0.167 e. The van der Waals surface area contributed by atoms with E-state index in [-0.39, 0.29) is 24.8 Å². The smallest absolute Gasteiger partial charge is 0.167 e. The quantitative estimate of drug-likeness (QED) is 0.789. The summed E-state index contributed by atoms with van der Waals surface area (Å²) in [5, 5.41) is 11.7. The molecular formula is C18H25Cl2N7S. The van der Waals surface area contributed by atoms with E-state index in [4.69, 9.17) is 5.10 Å². The molecule has 0 spiro atoms. The van der Waals surface area contributed by atoms with E-state index in [0.717, 1.165) is 70.0 Å². The number of nitrogens with one attached hydrogen (secondary N) is 1. The largest absolute Gasteiger partial charge is 0.329 e. The van der Waals surface area contributed by atoms with Crippen LogP contribution in [0.15, 0.2) is 34.6 Å². The fourth-order valence-corrected chi connectivity index (χ4v) is 4.75. The highest BCUT2D eigenvalue weighted by atomic mass is 35.5. The number of rotatable bonds is 4. The number of halogens is 2. The summed E-state index contributed by atoms with van der Waals surface area (Å²) >= 11 is 1.76. The number of aliphatic imine (C=N–C) groups is 1. The summed E-state index contributed by atoms with van der Waals surface area (Å²) in [4.78, 5) is 11.6. The second kappa shape index (κ2) is 9.35. The topological polar surface area (TPSA) is 63.3 Å². The Kier molecular flexibility index (Phi) is 7.09. The van der Waals surface area contributed by atoms with Gasteiger partial charge in [-0.15, -0.1) is 24.8 Å². The van der Waals surface area contributed by atoms with E-state index in [9.17, 15) is 0 Å². The summed E-state index contributed by atoms with van der Waals surface area (Å²) < 4.78 is 4.35. The molecule has 0 aliphatic carbocycles. The van der Waals surface area contributed by atoms with E-state index in [1.165, 1.54) is 16.6 Å². The van der Waals surface area contributed by atoms with Gasteiger partial charge in [-0.3, -0.25) is 9.67 Å². The van der Waals surface area contributed by atoms with Crippen molar-refractivity contribution in [2.75, 3.05) is 19.6 Å². The van der Waals surface area contributed by atoms with Gasteiger partial charge in [0.2, 0.25) is 0 Å². The van der Waals surface area contributed by atoms with Gasteiger partial charge in [-0.2, -0.15) is 5.10 Å². The number of thioether (sulfide) groups is 1. The van der Waals surface area contributed by atoms with Crippen molar-refractivity contribution in [3.8, 4) is 11.5 Å². The standard InChI is InChI=1S/C18H23N7S.2ClH/c1-4-19-12-15-11-16(22-25(15)8-1)17-20-6-10-23(17)9-3-14-13-26-18-21-5-2-7-24(14)18;;/h6,10-11,13,19H,1-5,7-9,12H2;2*1H. The van der Waals surface area contributed by atoms with Gasteiger partial charge in [0.25, 0.3) is 0 Å². The van der Waals surface area contributed by atoms with E-state index in [0.29, 0.717) is 0 Å². The van der Waals surface area contributed by atoms with Crippen molar-refractivity contribution in [1.82, 2.24) is 29.5 Å². The van der Waals surface area contributed by atoms with Gasteiger partial charge in [-0.05, 0) is 30.9 Å². The summed E-state index contributed by atoms with van der Waals surface area (Å²) in [6, 6.07) is 2.18. The number of hydrogen-bond acceptors (Lipinski definition) is 6. The number of imidazole rings is 1. The molecule has 0 atom stereocenters. The Hall–Kier alpha value is -1.48. The maximum absolute atomic E-state index is 4.80. The third kappa shape index (κ3) is 4.10. The molecule has 0 saturated heterocycles. The van der Waals surface area contributed by atoms with Gasteiger partial charge in [0.05, 0.1) is 5.69 Å². The predicted molar refractivity (Wildman–Crippen MR) is 118 cm³/mol. The van der Waals surface area contributed by atoms with Crippen LogP contribution in [0, 0.1) is 0 Å². The highest BCUT2D eigenvalue weighted by molar-refractivity contribution is 8.16. The number of hydrogen-bond donors (Lipinski definition) is 1. The van der Waals surface area contributed by atoms with Gasteiger partial charge in [-0.1, -0.05) is 11.8 Å². The number of amidine groups is 1. The Bertz CT molecular complexity index is 850. The van der Waals surface area contributed by atoms with Gasteiger partial charge in [0, 0.05) is 57.2 Å². The predicted octanol–water partition coefficient (Wildman–Crippen LogP) is 3.12. The zero-order valence-corrected chi connectivity index (χ0v) is 18.0. The molecular weight excluding hydrogens is 417 g/mol. The van der Waals surface area contributed by atoms with Crippen LogP contribution in [-0.2, 0) is 19.6 Å². The molecule has 5 heterocycles. The lowest BCUT2D eigenvalue weighted by atomic mass is 10.2. The fraction of sp³-hybridized carbons (Fsp3) is 0.500. The lowest BCUT2D eigenvalue weighted by molar-refractivity contribution is 0.459. The van der Waals surface area contributed by atoms with Crippen LogP contribution in [0.5, 0.6) is 0 Å². The molecule has 10 heteroatoms. The minimum atomic E-state index is 0. The van der Waals surface area contributed by atoms with Crippen molar-refractivity contribution in [2.24, 2.45) is 4.99 Å². The van der Waals surface area contributed by atoms with E-state index in [1.807, 2.05) is 6.20 Å². The second-order valence-electron chi connectivity index (χ2n) is 6.87. The van der Waals surface area contributed by atoms with Gasteiger partial charge >= 0.3 is 0 Å². The van der Waals surface area contributed by atoms with E-state index >= 15 is 0 Å². The molecule has 0 aromatic carbocycles. The van der Waals surface area contributed by atoms with Gasteiger partial charge < -0.3 is 14.8 Å². The van der Waals surface area contributed by atoms with E-state index in [1.54, 1.807) is 11.8 Å². The van der Waals surface area contributed by atoms with Crippen molar-refractivity contribution in [1.29, 1.82) is 0 Å². The maximum atomic E-state index is 4.80. The third-order valence-corrected chi connectivity index (χ3v) is 6.06. The monoisotopic (exact) mass is 441 g/mol. The third-order valence-electron chi connectivity index (χ3n) is 5.11. The molecule has 3 aliphatic rings. The van der Waals surface area contributed by atoms with Crippen LogP contribution in [-0.4, -0.2) is 49.0 Å². The molecule has 28 heavy (non-hydrogen) atoms. The molecule has 2 aromatic rings. The number of nitrogens with zero attached hydrogens (tertiary/aromatic N) is 6. The molecule has 0 saturated carbocycles. The molecule has 1 N–H and O–H groups in total. The van der Waals surface area contributed by atoms with Gasteiger partial charge in [0.1, 0.15) is 5.69 Å². The Labute approximate surface area is 181 Å². The number of aryl methyl sites for hydroxylation is 2. The van der Waals surface area contributed by atoms with Crippen molar-refractivity contribution >= 4 is 41.7 Å². The van der Waals surface area contributed by atoms with Crippen LogP contribution in [0.1, 0.15) is 25.0 Å². The van der Waals surface area contributed by atoms with Gasteiger partial charge in [0.15, 0.2) is 11.0 Å². The SMILES string of the molecule is C1=C(CCn2ccnc2-c2cc3n(n2)CCCNC3)N2CCCN=C2S1.Cl.Cl. The van der Waals surface area contributed by atoms with Crippen LogP contribution in [0.25, 0.3) is 11.5 Å². The Morgan fingerprint density at radius 3 is 3.04 bits per heavy atom. The lowest BCUT2D eigenvalue weighted by Crippen LogP contribution is -2.30. The van der Waals surface area contributed by atoms with E-state index < -0.39 is 0 Å². The number of aromatic nitrogens is 4. The van der Waals surface area contributed by atoms with Crippen LogP contribution >= 0.6 is 36.6 Å². The average molecular weight is 442 g/mol. The molecule has 2 aromatic heterocycles. The normalized spacial score (nSPS) is 18.2. The van der Waals surface area contributed by atoms with Crippen molar-refractivity contribution < 1.29 is 0 Å². The summed E-state index contributed by atoms with van der Waals surface area (Å²) in [5.74, 6) is 0.962. The minimum Gasteiger partial charge on any atom is -0.329 e. The fourth-order valence-electron chi connectivity index (χ4n) is 3.76. The first-order chi connectivity index (χ1) is 12.9. The highest BCUT2D eigenvalue weighted by Gasteiger charge is 2.24. The van der Waals surface area contributed by atoms with Crippen molar-refractivity contribution in [2.45, 2.75) is 38.9 Å². The molecule has 0 radical (unpaired) electrons. The average Bonchev–Trinajstić information content (AvgIpc) is 3.35. The first-order valence-electron chi connectivity index (χ1n) is 9.35. The van der Waals surface area contributed by atoms with Gasteiger partial charge in [-0.25, -0.2) is 4.98 Å². The lowest BCUT2D eigenvalue weighted by Gasteiger charge is -2.25. The summed E-state index contributed by atoms with van der Waals surface area (Å²) in [5.41, 5.74) is 3.60. The van der Waals surface area contributed by atoms with Crippen LogP contribution in [0.2, 0.25) is 0 Å². The molecule has 0 bridgehead atoms.